The summed E-state index contributed by atoms with van der Waals surface area (Å²) in [6, 6.07) is 1.82. The van der Waals surface area contributed by atoms with E-state index in [-0.39, 0.29) is 11.7 Å². The van der Waals surface area contributed by atoms with E-state index in [9.17, 15) is 4.79 Å². The summed E-state index contributed by atoms with van der Waals surface area (Å²) in [4.78, 5) is 13.1. The molecule has 0 amide bonds. The Labute approximate surface area is 119 Å². The molecule has 1 heterocycles. The van der Waals surface area contributed by atoms with E-state index in [2.05, 4.69) is 20.8 Å². The van der Waals surface area contributed by atoms with Crippen molar-refractivity contribution in [1.29, 1.82) is 0 Å². The van der Waals surface area contributed by atoms with Crippen molar-refractivity contribution in [2.45, 2.75) is 46.5 Å². The lowest BCUT2D eigenvalue weighted by molar-refractivity contribution is 0.0824. The van der Waals surface area contributed by atoms with Crippen LogP contribution >= 0.6 is 22.9 Å². The topological polar surface area (TPSA) is 17.1 Å². The van der Waals surface area contributed by atoms with E-state index in [1.165, 1.54) is 24.2 Å². The summed E-state index contributed by atoms with van der Waals surface area (Å²) in [6.45, 7) is 6.90. The van der Waals surface area contributed by atoms with Crippen LogP contribution in [0.1, 0.15) is 56.1 Å². The molecule has 1 aliphatic rings. The normalized spacial score (nSPS) is 25.1. The van der Waals surface area contributed by atoms with Crippen molar-refractivity contribution in [3.63, 3.8) is 0 Å². The lowest BCUT2D eigenvalue weighted by Crippen LogP contribution is -2.28. The van der Waals surface area contributed by atoms with Gasteiger partial charge in [0.2, 0.25) is 0 Å². The first-order valence-electron chi connectivity index (χ1n) is 6.67. The van der Waals surface area contributed by atoms with Gasteiger partial charge in [0.15, 0.2) is 5.78 Å². The van der Waals surface area contributed by atoms with Crippen LogP contribution < -0.4 is 0 Å². The third-order valence-electron chi connectivity index (χ3n) is 4.16. The molecule has 1 aromatic heterocycles. The third-order valence-corrected chi connectivity index (χ3v) is 5.52. The van der Waals surface area contributed by atoms with Crippen molar-refractivity contribution in [3.05, 3.63) is 21.3 Å². The van der Waals surface area contributed by atoms with Crippen molar-refractivity contribution in [2.75, 3.05) is 0 Å². The highest BCUT2D eigenvalue weighted by molar-refractivity contribution is 7.12. The molecular formula is C15H21ClOS. The maximum Gasteiger partial charge on any atom is 0.177 e. The van der Waals surface area contributed by atoms with Gasteiger partial charge in [0.1, 0.15) is 0 Å². The minimum absolute atomic E-state index is 0.194. The maximum absolute atomic E-state index is 12.4. The zero-order chi connectivity index (χ0) is 13.3. The number of hydrogen-bond acceptors (Lipinski definition) is 2. The number of hydrogen-bond donors (Lipinski definition) is 0. The fraction of sp³-hybridized carbons (Fsp3) is 0.667. The van der Waals surface area contributed by atoms with Crippen LogP contribution in [0.15, 0.2) is 11.4 Å². The standard InChI is InChI=1S/C15H21ClOS/c1-15(2,3)11-6-4-10(5-7-11)13(17)14-12(16)8-9-18-14/h8-11H,4-7H2,1-3H3. The van der Waals surface area contributed by atoms with E-state index in [0.717, 1.165) is 23.6 Å². The molecule has 1 aromatic rings. The molecule has 0 bridgehead atoms. The molecule has 1 saturated carbocycles. The Balaban J connectivity index is 1.99. The second kappa shape index (κ2) is 5.34. The first-order chi connectivity index (χ1) is 8.39. The fourth-order valence-electron chi connectivity index (χ4n) is 2.88. The highest BCUT2D eigenvalue weighted by Gasteiger charge is 2.33. The maximum atomic E-state index is 12.4. The van der Waals surface area contributed by atoms with Gasteiger partial charge in [0, 0.05) is 5.92 Å². The van der Waals surface area contributed by atoms with Crippen molar-refractivity contribution in [1.82, 2.24) is 0 Å². The monoisotopic (exact) mass is 284 g/mol. The minimum Gasteiger partial charge on any atom is -0.293 e. The van der Waals surface area contributed by atoms with Crippen molar-refractivity contribution >= 4 is 28.7 Å². The lowest BCUT2D eigenvalue weighted by Gasteiger charge is -2.36. The predicted octanol–water partition coefficient (Wildman–Crippen LogP) is 5.44. The van der Waals surface area contributed by atoms with E-state index >= 15 is 0 Å². The molecule has 1 aliphatic carbocycles. The highest BCUT2D eigenvalue weighted by atomic mass is 35.5. The summed E-state index contributed by atoms with van der Waals surface area (Å²) < 4.78 is 0. The molecule has 3 heteroatoms. The molecule has 0 saturated heterocycles. The second-order valence-corrected chi connectivity index (χ2v) is 7.70. The van der Waals surface area contributed by atoms with Gasteiger partial charge in [-0.2, -0.15) is 0 Å². The van der Waals surface area contributed by atoms with Crippen LogP contribution in [-0.2, 0) is 0 Å². The number of carbonyl (C=O) groups excluding carboxylic acids is 1. The molecule has 18 heavy (non-hydrogen) atoms. The molecule has 0 N–H and O–H groups in total. The Morgan fingerprint density at radius 2 is 1.89 bits per heavy atom. The summed E-state index contributed by atoms with van der Waals surface area (Å²) >= 11 is 7.52. The van der Waals surface area contributed by atoms with E-state index < -0.39 is 0 Å². The molecule has 0 aromatic carbocycles. The van der Waals surface area contributed by atoms with Crippen LogP contribution in [0.3, 0.4) is 0 Å². The van der Waals surface area contributed by atoms with Gasteiger partial charge in [-0.05, 0) is 48.5 Å². The first-order valence-corrected chi connectivity index (χ1v) is 7.92. The van der Waals surface area contributed by atoms with Crippen LogP contribution in [0.5, 0.6) is 0 Å². The summed E-state index contributed by atoms with van der Waals surface area (Å²) in [5.74, 6) is 1.21. The quantitative estimate of drug-likeness (QED) is 0.661. The zero-order valence-corrected chi connectivity index (χ0v) is 12.9. The van der Waals surface area contributed by atoms with Gasteiger partial charge < -0.3 is 0 Å². The molecule has 1 fully saturated rings. The van der Waals surface area contributed by atoms with Crippen molar-refractivity contribution in [3.8, 4) is 0 Å². The van der Waals surface area contributed by atoms with Crippen LogP contribution in [0.2, 0.25) is 5.02 Å². The van der Waals surface area contributed by atoms with Gasteiger partial charge in [0.05, 0.1) is 9.90 Å². The number of Topliss-reactive ketones (excluding diaryl/α,β-unsaturated/α-hetero) is 1. The van der Waals surface area contributed by atoms with Crippen LogP contribution in [0.25, 0.3) is 0 Å². The van der Waals surface area contributed by atoms with Gasteiger partial charge in [-0.3, -0.25) is 4.79 Å². The van der Waals surface area contributed by atoms with Crippen molar-refractivity contribution in [2.24, 2.45) is 17.3 Å². The van der Waals surface area contributed by atoms with E-state index in [0.29, 0.717) is 10.4 Å². The third kappa shape index (κ3) is 2.97. The summed E-state index contributed by atoms with van der Waals surface area (Å²) in [5, 5.41) is 2.53. The van der Waals surface area contributed by atoms with Gasteiger partial charge in [0.25, 0.3) is 0 Å². The molecule has 100 valence electrons. The highest BCUT2D eigenvalue weighted by Crippen LogP contribution is 2.41. The second-order valence-electron chi connectivity index (χ2n) is 6.38. The number of thiophene rings is 1. The van der Waals surface area contributed by atoms with Gasteiger partial charge in [-0.15, -0.1) is 11.3 Å². The number of rotatable bonds is 2. The molecular weight excluding hydrogens is 264 g/mol. The fourth-order valence-corrected chi connectivity index (χ4v) is 4.04. The Hall–Kier alpha value is -0.340. The van der Waals surface area contributed by atoms with E-state index in [1.54, 1.807) is 0 Å². The average molecular weight is 285 g/mol. The number of ketones is 1. The van der Waals surface area contributed by atoms with Gasteiger partial charge >= 0.3 is 0 Å². The average Bonchev–Trinajstić information content (AvgIpc) is 2.73. The lowest BCUT2D eigenvalue weighted by atomic mass is 9.69. The Morgan fingerprint density at radius 3 is 2.33 bits per heavy atom. The number of carbonyl (C=O) groups is 1. The van der Waals surface area contributed by atoms with E-state index in [4.69, 9.17) is 11.6 Å². The van der Waals surface area contributed by atoms with E-state index in [1.807, 2.05) is 11.4 Å². The van der Waals surface area contributed by atoms with Crippen molar-refractivity contribution < 1.29 is 4.79 Å². The summed E-state index contributed by atoms with van der Waals surface area (Å²) in [7, 11) is 0. The largest absolute Gasteiger partial charge is 0.293 e. The molecule has 2 rings (SSSR count). The zero-order valence-electron chi connectivity index (χ0n) is 11.3. The smallest absolute Gasteiger partial charge is 0.177 e. The predicted molar refractivity (Wildman–Crippen MR) is 78.6 cm³/mol. The molecule has 0 radical (unpaired) electrons. The van der Waals surface area contributed by atoms with Crippen LogP contribution in [-0.4, -0.2) is 5.78 Å². The molecule has 0 unspecified atom stereocenters. The number of halogens is 1. The molecule has 0 atom stereocenters. The SMILES string of the molecule is CC(C)(C)C1CCC(C(=O)c2sccc2Cl)CC1. The van der Waals surface area contributed by atoms with Gasteiger partial charge in [-0.1, -0.05) is 32.4 Å². The Morgan fingerprint density at radius 1 is 1.28 bits per heavy atom. The molecule has 0 aliphatic heterocycles. The first kappa shape index (κ1) is 14.1. The summed E-state index contributed by atoms with van der Waals surface area (Å²) in [6.07, 6.45) is 4.38. The Bertz CT molecular complexity index is 422. The van der Waals surface area contributed by atoms with Crippen LogP contribution in [0.4, 0.5) is 0 Å². The van der Waals surface area contributed by atoms with Gasteiger partial charge in [-0.25, -0.2) is 0 Å². The Kier molecular flexibility index (Phi) is 4.18. The molecule has 0 spiro atoms. The van der Waals surface area contributed by atoms with Crippen LogP contribution in [0, 0.1) is 17.3 Å². The molecule has 1 nitrogen and oxygen atoms in total. The minimum atomic E-state index is 0.194. The summed E-state index contributed by atoms with van der Waals surface area (Å²) in [5.41, 5.74) is 0.370.